The average molecular weight is 382 g/mol. The number of benzene rings is 2. The first kappa shape index (κ1) is 22.0. The summed E-state index contributed by atoms with van der Waals surface area (Å²) in [7, 11) is 0. The molecule has 2 aromatic carbocycles. The van der Waals surface area contributed by atoms with E-state index < -0.39 is 12.0 Å². The molecule has 152 valence electrons. The molecule has 0 aliphatic heterocycles. The van der Waals surface area contributed by atoms with Crippen molar-refractivity contribution in [2.75, 3.05) is 0 Å². The molecule has 0 radical (unpaired) electrons. The molecule has 2 N–H and O–H groups in total. The van der Waals surface area contributed by atoms with E-state index in [9.17, 15) is 4.79 Å². The molecule has 0 aromatic heterocycles. The highest BCUT2D eigenvalue weighted by atomic mass is 16.5. The van der Waals surface area contributed by atoms with Gasteiger partial charge in [-0.2, -0.15) is 0 Å². The predicted octanol–water partition coefficient (Wildman–Crippen LogP) is 6.29. The summed E-state index contributed by atoms with van der Waals surface area (Å²) in [4.78, 5) is 11.1. The lowest BCUT2D eigenvalue weighted by Crippen LogP contribution is -2.30. The van der Waals surface area contributed by atoms with Crippen LogP contribution in [-0.4, -0.2) is 12.0 Å². The van der Waals surface area contributed by atoms with Crippen molar-refractivity contribution >= 4 is 5.91 Å². The summed E-state index contributed by atoms with van der Waals surface area (Å²) in [6, 6.07) is 16.6. The quantitative estimate of drug-likeness (QED) is 0.415. The molecule has 0 spiro atoms. The predicted molar refractivity (Wildman–Crippen MR) is 117 cm³/mol. The van der Waals surface area contributed by atoms with Gasteiger partial charge in [-0.25, -0.2) is 0 Å². The molecule has 3 nitrogen and oxygen atoms in total. The number of carbonyl (C=O) groups is 1. The number of unbranched alkanes of at least 4 members (excludes halogenated alkanes) is 7. The minimum absolute atomic E-state index is 0.462. The minimum atomic E-state index is -0.624. The van der Waals surface area contributed by atoms with Crippen molar-refractivity contribution in [3.05, 3.63) is 54.1 Å². The van der Waals surface area contributed by atoms with Gasteiger partial charge in [0.15, 0.2) is 6.10 Å². The lowest BCUT2D eigenvalue weighted by molar-refractivity contribution is -0.123. The topological polar surface area (TPSA) is 52.3 Å². The lowest BCUT2D eigenvalue weighted by Gasteiger charge is -2.11. The molecule has 1 atom stereocenters. The first-order valence-corrected chi connectivity index (χ1v) is 10.8. The Bertz CT molecular complexity index is 691. The van der Waals surface area contributed by atoms with Gasteiger partial charge >= 0.3 is 0 Å². The van der Waals surface area contributed by atoms with Crippen LogP contribution in [0.1, 0.15) is 70.8 Å². The van der Waals surface area contributed by atoms with E-state index in [0.717, 1.165) is 12.0 Å². The SMILES string of the molecule is CCCCCCCCCCc1ccc(-c2ccc(O[C@@H](C)C(N)=O)cc2)cc1. The highest BCUT2D eigenvalue weighted by Crippen LogP contribution is 2.24. The zero-order chi connectivity index (χ0) is 20.2. The van der Waals surface area contributed by atoms with E-state index >= 15 is 0 Å². The third-order valence-electron chi connectivity index (χ3n) is 5.17. The summed E-state index contributed by atoms with van der Waals surface area (Å²) in [5.41, 5.74) is 8.96. The van der Waals surface area contributed by atoms with Crippen molar-refractivity contribution < 1.29 is 9.53 Å². The van der Waals surface area contributed by atoms with Crippen LogP contribution < -0.4 is 10.5 Å². The Morgan fingerprint density at radius 1 is 0.821 bits per heavy atom. The van der Waals surface area contributed by atoms with Crippen LogP contribution in [-0.2, 0) is 11.2 Å². The van der Waals surface area contributed by atoms with Gasteiger partial charge in [0.05, 0.1) is 0 Å². The second-order valence-corrected chi connectivity index (χ2v) is 7.61. The van der Waals surface area contributed by atoms with Crippen LogP contribution in [0.3, 0.4) is 0 Å². The number of primary amides is 1. The Hall–Kier alpha value is -2.29. The maximum Gasteiger partial charge on any atom is 0.258 e. The monoisotopic (exact) mass is 381 g/mol. The zero-order valence-corrected chi connectivity index (χ0v) is 17.5. The summed E-state index contributed by atoms with van der Waals surface area (Å²) in [6.45, 7) is 3.92. The Balaban J connectivity index is 1.75. The molecule has 0 unspecified atom stereocenters. The third-order valence-corrected chi connectivity index (χ3v) is 5.17. The largest absolute Gasteiger partial charge is 0.481 e. The van der Waals surface area contributed by atoms with Crippen molar-refractivity contribution in [3.63, 3.8) is 0 Å². The smallest absolute Gasteiger partial charge is 0.258 e. The van der Waals surface area contributed by atoms with E-state index in [1.165, 1.54) is 62.5 Å². The number of hydrogen-bond acceptors (Lipinski definition) is 2. The van der Waals surface area contributed by atoms with Crippen LogP contribution in [0, 0.1) is 0 Å². The minimum Gasteiger partial charge on any atom is -0.481 e. The maximum absolute atomic E-state index is 11.1. The van der Waals surface area contributed by atoms with Crippen LogP contribution in [0.15, 0.2) is 48.5 Å². The fourth-order valence-corrected chi connectivity index (χ4v) is 3.32. The van der Waals surface area contributed by atoms with E-state index in [1.807, 2.05) is 24.3 Å². The van der Waals surface area contributed by atoms with Gasteiger partial charge < -0.3 is 10.5 Å². The first-order valence-electron chi connectivity index (χ1n) is 10.8. The molecule has 0 fully saturated rings. The standard InChI is InChI=1S/C25H35NO2/c1-3-4-5-6-7-8-9-10-11-21-12-14-22(15-13-21)23-16-18-24(19-17-23)28-20(2)25(26)27/h12-20H,3-11H2,1-2H3,(H2,26,27)/t20-/m0/s1. The molecule has 2 aromatic rings. The Morgan fingerprint density at radius 2 is 1.32 bits per heavy atom. The molecule has 28 heavy (non-hydrogen) atoms. The number of hydrogen-bond donors (Lipinski definition) is 1. The van der Waals surface area contributed by atoms with Crippen LogP contribution in [0.4, 0.5) is 0 Å². The molecule has 2 rings (SSSR count). The number of ether oxygens (including phenoxy) is 1. The van der Waals surface area contributed by atoms with Gasteiger partial charge in [-0.05, 0) is 48.6 Å². The van der Waals surface area contributed by atoms with Crippen molar-refractivity contribution in [3.8, 4) is 16.9 Å². The first-order chi connectivity index (χ1) is 13.6. The Kier molecular flexibility index (Phi) is 9.61. The maximum atomic E-state index is 11.1. The molecule has 0 aliphatic carbocycles. The van der Waals surface area contributed by atoms with Gasteiger partial charge in [0, 0.05) is 0 Å². The molecule has 0 saturated carbocycles. The fourth-order valence-electron chi connectivity index (χ4n) is 3.32. The Morgan fingerprint density at radius 3 is 1.86 bits per heavy atom. The number of nitrogens with two attached hydrogens (primary N) is 1. The van der Waals surface area contributed by atoms with Gasteiger partial charge in [-0.1, -0.05) is 88.3 Å². The van der Waals surface area contributed by atoms with Gasteiger partial charge in [0.2, 0.25) is 0 Å². The van der Waals surface area contributed by atoms with Crippen LogP contribution in [0.5, 0.6) is 5.75 Å². The van der Waals surface area contributed by atoms with E-state index in [2.05, 4.69) is 31.2 Å². The normalized spacial score (nSPS) is 11.9. The van der Waals surface area contributed by atoms with Gasteiger partial charge in [0.25, 0.3) is 5.91 Å². The lowest BCUT2D eigenvalue weighted by atomic mass is 10.0. The Labute approximate surface area is 170 Å². The van der Waals surface area contributed by atoms with Crippen molar-refractivity contribution in [2.24, 2.45) is 5.73 Å². The molecule has 0 saturated heterocycles. The molecular formula is C25H35NO2. The van der Waals surface area contributed by atoms with E-state index in [1.54, 1.807) is 6.92 Å². The molecule has 0 aliphatic rings. The second-order valence-electron chi connectivity index (χ2n) is 7.61. The highest BCUT2D eigenvalue weighted by molar-refractivity contribution is 5.78. The van der Waals surface area contributed by atoms with Crippen molar-refractivity contribution in [2.45, 2.75) is 77.7 Å². The molecule has 0 heterocycles. The van der Waals surface area contributed by atoms with E-state index in [-0.39, 0.29) is 0 Å². The highest BCUT2D eigenvalue weighted by Gasteiger charge is 2.10. The van der Waals surface area contributed by atoms with Gasteiger partial charge in [-0.15, -0.1) is 0 Å². The molecular weight excluding hydrogens is 346 g/mol. The van der Waals surface area contributed by atoms with Crippen LogP contribution >= 0.6 is 0 Å². The van der Waals surface area contributed by atoms with Crippen LogP contribution in [0.25, 0.3) is 11.1 Å². The summed E-state index contributed by atoms with van der Waals surface area (Å²) in [5, 5.41) is 0. The van der Waals surface area contributed by atoms with E-state index in [4.69, 9.17) is 10.5 Å². The molecule has 0 bridgehead atoms. The van der Waals surface area contributed by atoms with Crippen LogP contribution in [0.2, 0.25) is 0 Å². The number of aryl methyl sites for hydroxylation is 1. The summed E-state index contributed by atoms with van der Waals surface area (Å²) in [5.74, 6) is 0.192. The summed E-state index contributed by atoms with van der Waals surface area (Å²) in [6.07, 6.45) is 11.4. The summed E-state index contributed by atoms with van der Waals surface area (Å²) >= 11 is 0. The third kappa shape index (κ3) is 7.75. The van der Waals surface area contributed by atoms with Gasteiger partial charge in [0.1, 0.15) is 5.75 Å². The van der Waals surface area contributed by atoms with Crippen molar-refractivity contribution in [1.82, 2.24) is 0 Å². The second kappa shape index (κ2) is 12.2. The number of amides is 1. The number of carbonyl (C=O) groups excluding carboxylic acids is 1. The molecule has 3 heteroatoms. The van der Waals surface area contributed by atoms with E-state index in [0.29, 0.717) is 5.75 Å². The molecule has 1 amide bonds. The average Bonchev–Trinajstić information content (AvgIpc) is 2.71. The zero-order valence-electron chi connectivity index (χ0n) is 17.5. The fraction of sp³-hybridized carbons (Fsp3) is 0.480. The van der Waals surface area contributed by atoms with Crippen molar-refractivity contribution in [1.29, 1.82) is 0 Å². The summed E-state index contributed by atoms with van der Waals surface area (Å²) < 4.78 is 5.50. The number of rotatable bonds is 13. The van der Waals surface area contributed by atoms with Gasteiger partial charge in [-0.3, -0.25) is 4.79 Å².